The number of rotatable bonds is 6. The van der Waals surface area contributed by atoms with Crippen molar-refractivity contribution < 1.29 is 19.1 Å². The molecule has 0 saturated carbocycles. The third kappa shape index (κ3) is 5.53. The number of likely N-dealkylation sites (tertiary alicyclic amines) is 1. The van der Waals surface area contributed by atoms with E-state index in [0.29, 0.717) is 53.4 Å². The third-order valence-corrected chi connectivity index (χ3v) is 6.64. The number of halogens is 1. The number of anilines is 1. The molecule has 0 aromatic heterocycles. The van der Waals surface area contributed by atoms with Crippen LogP contribution in [-0.4, -0.2) is 54.5 Å². The highest BCUT2D eigenvalue weighted by molar-refractivity contribution is 7.80. The van der Waals surface area contributed by atoms with Gasteiger partial charge in [-0.25, -0.2) is 0 Å². The van der Waals surface area contributed by atoms with Crippen LogP contribution in [0.3, 0.4) is 0 Å². The van der Waals surface area contributed by atoms with Gasteiger partial charge in [0.05, 0.1) is 14.2 Å². The Bertz CT molecular complexity index is 1100. The second-order valence-electron chi connectivity index (χ2n) is 8.29. The number of carbonyl (C=O) groups is 1. The van der Waals surface area contributed by atoms with E-state index in [0.717, 1.165) is 24.1 Å². The first-order valence-corrected chi connectivity index (χ1v) is 11.8. The van der Waals surface area contributed by atoms with Gasteiger partial charge in [-0.3, -0.25) is 4.79 Å². The predicted octanol–water partition coefficient (Wildman–Crippen LogP) is 3.98. The molecule has 2 aromatic rings. The molecular formula is C24H27ClN4O4S. The Morgan fingerprint density at radius 1 is 1.18 bits per heavy atom. The lowest BCUT2D eigenvalue weighted by molar-refractivity contribution is -0.115. The molecule has 0 aliphatic carbocycles. The van der Waals surface area contributed by atoms with Gasteiger partial charge in [0.25, 0.3) is 5.91 Å². The van der Waals surface area contributed by atoms with E-state index in [1.165, 1.54) is 0 Å². The Labute approximate surface area is 209 Å². The summed E-state index contributed by atoms with van der Waals surface area (Å²) >= 11 is 11.6. The minimum atomic E-state index is -0.460. The van der Waals surface area contributed by atoms with Crippen LogP contribution >= 0.6 is 23.8 Å². The van der Waals surface area contributed by atoms with E-state index in [-0.39, 0.29) is 5.91 Å². The van der Waals surface area contributed by atoms with Gasteiger partial charge in [0, 0.05) is 49.6 Å². The van der Waals surface area contributed by atoms with E-state index in [1.54, 1.807) is 14.2 Å². The SMILES string of the molecule is COc1ccc(CNC(=O)C2=NOC3(CCN(C(=S)Nc4cccc(Cl)c4)CC3)C2)cc1OC. The molecule has 4 rings (SSSR count). The highest BCUT2D eigenvalue weighted by Gasteiger charge is 2.44. The first-order chi connectivity index (χ1) is 16.4. The van der Waals surface area contributed by atoms with Crippen molar-refractivity contribution in [3.8, 4) is 11.5 Å². The maximum atomic E-state index is 12.7. The second-order valence-corrected chi connectivity index (χ2v) is 9.11. The van der Waals surface area contributed by atoms with Gasteiger partial charge >= 0.3 is 0 Å². The minimum absolute atomic E-state index is 0.229. The first-order valence-electron chi connectivity index (χ1n) is 11.0. The maximum absolute atomic E-state index is 12.7. The fraction of sp³-hybridized carbons (Fsp3) is 0.375. The number of carbonyl (C=O) groups excluding carboxylic acids is 1. The van der Waals surface area contributed by atoms with Gasteiger partial charge in [0.15, 0.2) is 16.6 Å². The Balaban J connectivity index is 1.26. The summed E-state index contributed by atoms with van der Waals surface area (Å²) in [5, 5.41) is 11.5. The van der Waals surface area contributed by atoms with Crippen molar-refractivity contribution in [2.75, 3.05) is 32.6 Å². The summed E-state index contributed by atoms with van der Waals surface area (Å²) in [6.07, 6.45) is 1.92. The minimum Gasteiger partial charge on any atom is -0.493 e. The van der Waals surface area contributed by atoms with Gasteiger partial charge in [0.2, 0.25) is 0 Å². The smallest absolute Gasteiger partial charge is 0.269 e. The molecule has 1 amide bonds. The van der Waals surface area contributed by atoms with E-state index in [2.05, 4.69) is 20.7 Å². The molecule has 2 aliphatic heterocycles. The van der Waals surface area contributed by atoms with Crippen LogP contribution in [0.4, 0.5) is 5.69 Å². The average molecular weight is 503 g/mol. The summed E-state index contributed by atoms with van der Waals surface area (Å²) in [6.45, 7) is 1.77. The normalized spacial score (nSPS) is 16.4. The standard InChI is InChI=1S/C24H27ClN4O4S/c1-31-20-7-6-16(12-21(20)32-2)15-26-22(30)19-14-24(33-28-19)8-10-29(11-9-24)23(34)27-18-5-3-4-17(25)13-18/h3-7,12-13H,8-11,14-15H2,1-2H3,(H,26,30)(H,27,34). The number of oxime groups is 1. The maximum Gasteiger partial charge on any atom is 0.269 e. The molecule has 8 nitrogen and oxygen atoms in total. The van der Waals surface area contributed by atoms with Crippen LogP contribution in [0.5, 0.6) is 11.5 Å². The molecule has 1 saturated heterocycles. The number of piperidine rings is 1. The number of benzene rings is 2. The van der Waals surface area contributed by atoms with Crippen molar-refractivity contribution in [2.24, 2.45) is 5.16 Å². The largest absolute Gasteiger partial charge is 0.493 e. The highest BCUT2D eigenvalue weighted by atomic mass is 35.5. The van der Waals surface area contributed by atoms with Crippen LogP contribution in [0.2, 0.25) is 5.02 Å². The molecule has 1 spiro atoms. The quantitative estimate of drug-likeness (QED) is 0.578. The lowest BCUT2D eigenvalue weighted by Gasteiger charge is -2.38. The zero-order valence-electron chi connectivity index (χ0n) is 19.1. The zero-order chi connectivity index (χ0) is 24.1. The van der Waals surface area contributed by atoms with Gasteiger partial charge in [-0.2, -0.15) is 0 Å². The van der Waals surface area contributed by atoms with Crippen LogP contribution in [0.15, 0.2) is 47.6 Å². The first kappa shape index (κ1) is 24.1. The molecule has 180 valence electrons. The summed E-state index contributed by atoms with van der Waals surface area (Å²) in [4.78, 5) is 20.6. The van der Waals surface area contributed by atoms with Gasteiger partial charge in [-0.1, -0.05) is 28.9 Å². The molecule has 0 atom stereocenters. The van der Waals surface area contributed by atoms with Gasteiger partial charge in [0.1, 0.15) is 11.3 Å². The molecule has 2 heterocycles. The van der Waals surface area contributed by atoms with E-state index in [1.807, 2.05) is 42.5 Å². The monoisotopic (exact) mass is 502 g/mol. The lowest BCUT2D eigenvalue weighted by Crippen LogP contribution is -2.48. The van der Waals surface area contributed by atoms with Crippen LogP contribution in [0.1, 0.15) is 24.8 Å². The van der Waals surface area contributed by atoms with Crippen molar-refractivity contribution in [3.63, 3.8) is 0 Å². The van der Waals surface area contributed by atoms with E-state index in [4.69, 9.17) is 38.1 Å². The number of hydrogen-bond acceptors (Lipinski definition) is 6. The second kappa shape index (κ2) is 10.5. The van der Waals surface area contributed by atoms with Gasteiger partial charge in [-0.15, -0.1) is 0 Å². The summed E-state index contributed by atoms with van der Waals surface area (Å²) in [5.41, 5.74) is 1.70. The highest BCUT2D eigenvalue weighted by Crippen LogP contribution is 2.35. The molecule has 10 heteroatoms. The summed E-state index contributed by atoms with van der Waals surface area (Å²) in [6, 6.07) is 13.0. The number of amides is 1. The van der Waals surface area contributed by atoms with Crippen molar-refractivity contribution in [1.29, 1.82) is 0 Å². The summed E-state index contributed by atoms with van der Waals surface area (Å²) in [7, 11) is 3.16. The predicted molar refractivity (Wildman–Crippen MR) is 136 cm³/mol. The van der Waals surface area contributed by atoms with Crippen LogP contribution < -0.4 is 20.1 Å². The van der Waals surface area contributed by atoms with Crippen molar-refractivity contribution in [1.82, 2.24) is 10.2 Å². The molecule has 2 aliphatic rings. The lowest BCUT2D eigenvalue weighted by atomic mass is 9.87. The Hall–Kier alpha value is -3.04. The summed E-state index contributed by atoms with van der Waals surface area (Å²) < 4.78 is 10.6. The van der Waals surface area contributed by atoms with E-state index in [9.17, 15) is 4.79 Å². The van der Waals surface area contributed by atoms with Crippen LogP contribution in [0, 0.1) is 0 Å². The molecule has 34 heavy (non-hydrogen) atoms. The number of ether oxygens (including phenoxy) is 2. The van der Waals surface area contributed by atoms with E-state index >= 15 is 0 Å². The third-order valence-electron chi connectivity index (χ3n) is 6.04. The molecule has 0 unspecified atom stereocenters. The number of nitrogens with zero attached hydrogens (tertiary/aromatic N) is 2. The fourth-order valence-corrected chi connectivity index (χ4v) is 4.56. The molecule has 2 N–H and O–H groups in total. The van der Waals surface area contributed by atoms with Gasteiger partial charge in [-0.05, 0) is 48.1 Å². The zero-order valence-corrected chi connectivity index (χ0v) is 20.7. The average Bonchev–Trinajstić information content (AvgIpc) is 3.26. The Morgan fingerprint density at radius 3 is 2.65 bits per heavy atom. The molecular weight excluding hydrogens is 476 g/mol. The number of nitrogens with one attached hydrogen (secondary N) is 2. The topological polar surface area (TPSA) is 84.4 Å². The molecule has 0 bridgehead atoms. The van der Waals surface area contributed by atoms with Crippen molar-refractivity contribution >= 4 is 46.2 Å². The molecule has 0 radical (unpaired) electrons. The number of thiocarbonyl (C=S) groups is 1. The van der Waals surface area contributed by atoms with Gasteiger partial charge < -0.3 is 29.8 Å². The number of methoxy groups -OCH3 is 2. The van der Waals surface area contributed by atoms with Crippen LogP contribution in [-0.2, 0) is 16.2 Å². The Kier molecular flexibility index (Phi) is 7.43. The summed E-state index contributed by atoms with van der Waals surface area (Å²) in [5.74, 6) is 1.03. The van der Waals surface area contributed by atoms with Crippen molar-refractivity contribution in [3.05, 3.63) is 53.1 Å². The van der Waals surface area contributed by atoms with Crippen molar-refractivity contribution in [2.45, 2.75) is 31.4 Å². The number of hydrogen-bond donors (Lipinski definition) is 2. The fourth-order valence-electron chi connectivity index (χ4n) is 4.07. The Morgan fingerprint density at radius 2 is 1.94 bits per heavy atom. The molecule has 2 aromatic carbocycles. The van der Waals surface area contributed by atoms with Crippen LogP contribution in [0.25, 0.3) is 0 Å². The molecule has 1 fully saturated rings. The van der Waals surface area contributed by atoms with E-state index < -0.39 is 5.60 Å².